The number of likely N-dealkylation sites (tertiary alicyclic amines) is 1. The molecule has 2 N–H and O–H groups in total. The minimum absolute atomic E-state index is 0.0526. The maximum Gasteiger partial charge on any atom is 0.255 e. The van der Waals surface area contributed by atoms with Crippen LogP contribution < -0.4 is 5.32 Å². The van der Waals surface area contributed by atoms with Gasteiger partial charge in [-0.3, -0.25) is 9.69 Å². The second-order valence-corrected chi connectivity index (χ2v) is 7.55. The number of carbonyl (C=O) groups excluding carboxylic acids is 1. The van der Waals surface area contributed by atoms with Gasteiger partial charge in [0.2, 0.25) is 0 Å². The Morgan fingerprint density at radius 2 is 2.04 bits per heavy atom. The number of hydrogen-bond acceptors (Lipinski definition) is 3. The highest BCUT2D eigenvalue weighted by Crippen LogP contribution is 2.37. The van der Waals surface area contributed by atoms with Crippen LogP contribution in [-0.2, 0) is 0 Å². The lowest BCUT2D eigenvalue weighted by atomic mass is 9.76. The zero-order chi connectivity index (χ0) is 17.1. The molecule has 0 spiro atoms. The summed E-state index contributed by atoms with van der Waals surface area (Å²) < 4.78 is 0. The van der Waals surface area contributed by atoms with Gasteiger partial charge in [-0.1, -0.05) is 24.5 Å². The summed E-state index contributed by atoms with van der Waals surface area (Å²) in [5, 5.41) is 12.9. The monoisotopic (exact) mass is 330 g/mol. The van der Waals surface area contributed by atoms with Crippen molar-refractivity contribution in [3.63, 3.8) is 0 Å². The summed E-state index contributed by atoms with van der Waals surface area (Å²) in [6.45, 7) is 5.79. The number of carbonyl (C=O) groups is 1. The van der Waals surface area contributed by atoms with Gasteiger partial charge in [0.05, 0.1) is 5.56 Å². The molecule has 132 valence electrons. The molecule has 3 rings (SSSR count). The zero-order valence-electron chi connectivity index (χ0n) is 14.9. The van der Waals surface area contributed by atoms with E-state index in [0.717, 1.165) is 18.0 Å². The van der Waals surface area contributed by atoms with E-state index in [1.807, 2.05) is 13.0 Å². The summed E-state index contributed by atoms with van der Waals surface area (Å²) in [4.78, 5) is 14.9. The van der Waals surface area contributed by atoms with E-state index in [4.69, 9.17) is 0 Å². The van der Waals surface area contributed by atoms with E-state index in [1.54, 1.807) is 12.1 Å². The van der Waals surface area contributed by atoms with E-state index in [1.165, 1.54) is 38.5 Å². The summed E-state index contributed by atoms with van der Waals surface area (Å²) in [6, 6.07) is 6.44. The number of amides is 1. The summed E-state index contributed by atoms with van der Waals surface area (Å²) in [6.07, 6.45) is 8.04. The first-order valence-electron chi connectivity index (χ1n) is 9.40. The number of nitrogens with one attached hydrogen (secondary N) is 1. The maximum absolute atomic E-state index is 12.3. The van der Waals surface area contributed by atoms with Gasteiger partial charge in [0.1, 0.15) is 5.75 Å². The topological polar surface area (TPSA) is 52.6 Å². The minimum atomic E-state index is -0.180. The highest BCUT2D eigenvalue weighted by molar-refractivity contribution is 5.96. The highest BCUT2D eigenvalue weighted by Gasteiger charge is 2.36. The molecule has 1 aromatic carbocycles. The SMILES string of the molecule is Cc1ccc(O)c(C(=O)NCCN2[C@H](C)CC[C@@H]3CCCC[C@@H]32)c1. The van der Waals surface area contributed by atoms with Crippen LogP contribution in [0.25, 0.3) is 0 Å². The Balaban J connectivity index is 1.56. The molecule has 1 aliphatic carbocycles. The van der Waals surface area contributed by atoms with E-state index in [9.17, 15) is 9.90 Å². The molecule has 0 bridgehead atoms. The smallest absolute Gasteiger partial charge is 0.255 e. The van der Waals surface area contributed by atoms with Crippen LogP contribution >= 0.6 is 0 Å². The zero-order valence-corrected chi connectivity index (χ0v) is 14.9. The summed E-state index contributed by atoms with van der Waals surface area (Å²) >= 11 is 0. The quantitative estimate of drug-likeness (QED) is 0.889. The molecule has 1 amide bonds. The van der Waals surface area contributed by atoms with Crippen molar-refractivity contribution in [3.05, 3.63) is 29.3 Å². The van der Waals surface area contributed by atoms with Crippen molar-refractivity contribution in [3.8, 4) is 5.75 Å². The lowest BCUT2D eigenvalue weighted by molar-refractivity contribution is 0.0230. The molecule has 0 unspecified atom stereocenters. The molecule has 4 heteroatoms. The maximum atomic E-state index is 12.3. The number of hydrogen-bond donors (Lipinski definition) is 2. The molecule has 24 heavy (non-hydrogen) atoms. The molecule has 1 aromatic rings. The average molecular weight is 330 g/mol. The summed E-state index contributed by atoms with van der Waals surface area (Å²) in [5.74, 6) is 0.726. The average Bonchev–Trinajstić information content (AvgIpc) is 2.59. The van der Waals surface area contributed by atoms with Crippen LogP contribution in [-0.4, -0.2) is 41.1 Å². The van der Waals surface area contributed by atoms with E-state index in [2.05, 4.69) is 17.1 Å². The lowest BCUT2D eigenvalue weighted by Crippen LogP contribution is -2.53. The Morgan fingerprint density at radius 1 is 1.25 bits per heavy atom. The normalized spacial score (nSPS) is 27.5. The van der Waals surface area contributed by atoms with Gasteiger partial charge in [-0.15, -0.1) is 0 Å². The van der Waals surface area contributed by atoms with Gasteiger partial charge in [0, 0.05) is 25.2 Å². The fourth-order valence-corrected chi connectivity index (χ4v) is 4.52. The van der Waals surface area contributed by atoms with Crippen molar-refractivity contribution in [2.45, 2.75) is 64.5 Å². The predicted octanol–water partition coefficient (Wildman–Crippen LogP) is 3.47. The number of piperidine rings is 1. The second-order valence-electron chi connectivity index (χ2n) is 7.55. The first-order valence-corrected chi connectivity index (χ1v) is 9.40. The number of rotatable bonds is 4. The highest BCUT2D eigenvalue weighted by atomic mass is 16.3. The lowest BCUT2D eigenvalue weighted by Gasteiger charge is -2.47. The number of fused-ring (bicyclic) bond motifs is 1. The van der Waals surface area contributed by atoms with Gasteiger partial charge in [-0.2, -0.15) is 0 Å². The number of benzene rings is 1. The van der Waals surface area contributed by atoms with Crippen molar-refractivity contribution in [2.75, 3.05) is 13.1 Å². The van der Waals surface area contributed by atoms with Crippen LogP contribution in [0.2, 0.25) is 0 Å². The van der Waals surface area contributed by atoms with Crippen LogP contribution in [0.4, 0.5) is 0 Å². The largest absolute Gasteiger partial charge is 0.507 e. The molecule has 2 fully saturated rings. The Labute approximate surface area is 145 Å². The number of aryl methyl sites for hydroxylation is 1. The Kier molecular flexibility index (Phi) is 5.44. The third-order valence-electron chi connectivity index (χ3n) is 5.87. The summed E-state index contributed by atoms with van der Waals surface area (Å²) in [7, 11) is 0. The van der Waals surface area contributed by atoms with Crippen LogP contribution in [0.1, 0.15) is 61.4 Å². The van der Waals surface area contributed by atoms with Gasteiger partial charge >= 0.3 is 0 Å². The van der Waals surface area contributed by atoms with Crippen LogP contribution in [0.15, 0.2) is 18.2 Å². The molecule has 0 aromatic heterocycles. The predicted molar refractivity (Wildman–Crippen MR) is 96.3 cm³/mol. The third-order valence-corrected chi connectivity index (χ3v) is 5.87. The third kappa shape index (κ3) is 3.75. The van der Waals surface area contributed by atoms with Gasteiger partial charge < -0.3 is 10.4 Å². The molecule has 1 saturated heterocycles. The first kappa shape index (κ1) is 17.3. The van der Waals surface area contributed by atoms with Gasteiger partial charge in [-0.25, -0.2) is 0 Å². The number of aromatic hydroxyl groups is 1. The first-order chi connectivity index (χ1) is 11.6. The Hall–Kier alpha value is -1.55. The fraction of sp³-hybridized carbons (Fsp3) is 0.650. The standard InChI is InChI=1S/C20H30N2O2/c1-14-7-10-19(23)17(13-14)20(24)21-11-12-22-15(2)8-9-16-5-3-4-6-18(16)22/h7,10,13,15-16,18,23H,3-6,8-9,11-12H2,1-2H3,(H,21,24)/t15-,16+,18+/m1/s1. The van der Waals surface area contributed by atoms with E-state index in [0.29, 0.717) is 24.2 Å². The Morgan fingerprint density at radius 3 is 2.88 bits per heavy atom. The molecule has 4 nitrogen and oxygen atoms in total. The van der Waals surface area contributed by atoms with Crippen LogP contribution in [0.3, 0.4) is 0 Å². The van der Waals surface area contributed by atoms with Crippen molar-refractivity contribution < 1.29 is 9.90 Å². The van der Waals surface area contributed by atoms with Crippen LogP contribution in [0, 0.1) is 12.8 Å². The number of nitrogens with zero attached hydrogens (tertiary/aromatic N) is 1. The van der Waals surface area contributed by atoms with Gasteiger partial charge in [0.25, 0.3) is 5.91 Å². The summed E-state index contributed by atoms with van der Waals surface area (Å²) in [5.41, 5.74) is 1.35. The van der Waals surface area contributed by atoms with Crippen molar-refractivity contribution in [2.24, 2.45) is 5.92 Å². The molecule has 1 saturated carbocycles. The number of phenols is 1. The van der Waals surface area contributed by atoms with E-state index < -0.39 is 0 Å². The molecule has 0 radical (unpaired) electrons. The van der Waals surface area contributed by atoms with Crippen molar-refractivity contribution in [1.29, 1.82) is 0 Å². The van der Waals surface area contributed by atoms with Gasteiger partial charge in [0.15, 0.2) is 0 Å². The minimum Gasteiger partial charge on any atom is -0.507 e. The molecule has 1 heterocycles. The molecular formula is C20H30N2O2. The molecular weight excluding hydrogens is 300 g/mol. The fourth-order valence-electron chi connectivity index (χ4n) is 4.52. The number of phenolic OH excluding ortho intramolecular Hbond substituents is 1. The molecule has 2 aliphatic rings. The van der Waals surface area contributed by atoms with E-state index in [-0.39, 0.29) is 11.7 Å². The molecule has 1 aliphatic heterocycles. The van der Waals surface area contributed by atoms with Crippen molar-refractivity contribution in [1.82, 2.24) is 10.2 Å². The van der Waals surface area contributed by atoms with E-state index >= 15 is 0 Å². The Bertz CT molecular complexity index is 587. The van der Waals surface area contributed by atoms with Crippen molar-refractivity contribution >= 4 is 5.91 Å². The van der Waals surface area contributed by atoms with Gasteiger partial charge in [-0.05, 0) is 57.6 Å². The van der Waals surface area contributed by atoms with Crippen LogP contribution in [0.5, 0.6) is 5.75 Å². The molecule has 3 atom stereocenters. The second kappa shape index (κ2) is 7.56.